The molecule has 0 unspecified atom stereocenters. The van der Waals surface area contributed by atoms with Crippen LogP contribution in [0.3, 0.4) is 0 Å². The van der Waals surface area contributed by atoms with Gasteiger partial charge in [0.25, 0.3) is 0 Å². The van der Waals surface area contributed by atoms with Crippen molar-refractivity contribution in [3.63, 3.8) is 0 Å². The molecule has 3 N–H and O–H groups in total. The molecule has 0 aliphatic heterocycles. The summed E-state index contributed by atoms with van der Waals surface area (Å²) in [5.74, 6) is 0.226. The Morgan fingerprint density at radius 2 is 1.86 bits per heavy atom. The van der Waals surface area contributed by atoms with Gasteiger partial charge in [-0.3, -0.25) is 4.79 Å². The van der Waals surface area contributed by atoms with Gasteiger partial charge in [-0.1, -0.05) is 40.9 Å². The number of benzene rings is 1. The van der Waals surface area contributed by atoms with E-state index >= 15 is 0 Å². The number of nitrogens with two attached hydrogens (primary N) is 1. The third-order valence-electron chi connectivity index (χ3n) is 5.38. The van der Waals surface area contributed by atoms with E-state index in [1.807, 2.05) is 12.1 Å². The van der Waals surface area contributed by atoms with Crippen LogP contribution in [0.1, 0.15) is 56.9 Å². The molecule has 0 bridgehead atoms. The highest BCUT2D eigenvalue weighted by Gasteiger charge is 2.43. The molecule has 2 fully saturated rings. The van der Waals surface area contributed by atoms with Crippen molar-refractivity contribution in [1.29, 1.82) is 0 Å². The molecule has 2 aliphatic rings. The lowest BCUT2D eigenvalue weighted by Crippen LogP contribution is -2.48. The van der Waals surface area contributed by atoms with E-state index in [4.69, 9.17) is 5.73 Å². The van der Waals surface area contributed by atoms with Gasteiger partial charge in [0.15, 0.2) is 0 Å². The summed E-state index contributed by atoms with van der Waals surface area (Å²) in [4.78, 5) is 13.1. The summed E-state index contributed by atoms with van der Waals surface area (Å²) in [6.07, 6.45) is 8.26. The Balaban J connectivity index is 1.77. The standard InChI is InChI=1S/C18H25BrN2O/c19-14-5-3-4-13(12-14)18(10-1-2-11-18)17(22)21-16-8-6-15(20)7-9-16/h3-5,12,15-16H,1-2,6-11,20H2,(H,21,22). The average molecular weight is 365 g/mol. The summed E-state index contributed by atoms with van der Waals surface area (Å²) in [5.41, 5.74) is 6.79. The molecule has 2 saturated carbocycles. The summed E-state index contributed by atoms with van der Waals surface area (Å²) in [6.45, 7) is 0. The number of rotatable bonds is 3. The van der Waals surface area contributed by atoms with Crippen LogP contribution in [0.25, 0.3) is 0 Å². The minimum Gasteiger partial charge on any atom is -0.353 e. The van der Waals surface area contributed by atoms with E-state index in [0.717, 1.165) is 61.4 Å². The van der Waals surface area contributed by atoms with Gasteiger partial charge in [0.1, 0.15) is 0 Å². The summed E-state index contributed by atoms with van der Waals surface area (Å²) >= 11 is 3.54. The van der Waals surface area contributed by atoms with Crippen molar-refractivity contribution in [2.45, 2.75) is 68.9 Å². The molecule has 1 aromatic carbocycles. The molecule has 22 heavy (non-hydrogen) atoms. The first-order valence-corrected chi connectivity index (χ1v) is 9.22. The van der Waals surface area contributed by atoms with E-state index in [1.165, 1.54) is 0 Å². The van der Waals surface area contributed by atoms with Crippen LogP contribution >= 0.6 is 15.9 Å². The van der Waals surface area contributed by atoms with Crippen LogP contribution in [-0.2, 0) is 10.2 Å². The Labute approximate surface area is 141 Å². The number of amides is 1. The molecule has 4 heteroatoms. The van der Waals surface area contributed by atoms with E-state index in [9.17, 15) is 4.79 Å². The minimum absolute atomic E-state index is 0.226. The molecule has 0 heterocycles. The Kier molecular flexibility index (Phi) is 4.88. The van der Waals surface area contributed by atoms with Crippen LogP contribution in [0.5, 0.6) is 0 Å². The van der Waals surface area contributed by atoms with Gasteiger partial charge in [0.2, 0.25) is 5.91 Å². The summed E-state index contributed by atoms with van der Waals surface area (Å²) in [7, 11) is 0. The maximum Gasteiger partial charge on any atom is 0.230 e. The van der Waals surface area contributed by atoms with Crippen molar-refractivity contribution in [2.24, 2.45) is 5.73 Å². The van der Waals surface area contributed by atoms with Crippen LogP contribution in [-0.4, -0.2) is 18.0 Å². The zero-order valence-electron chi connectivity index (χ0n) is 13.0. The summed E-state index contributed by atoms with van der Waals surface area (Å²) < 4.78 is 1.05. The van der Waals surface area contributed by atoms with Crippen molar-refractivity contribution >= 4 is 21.8 Å². The van der Waals surface area contributed by atoms with E-state index in [2.05, 4.69) is 33.4 Å². The van der Waals surface area contributed by atoms with Crippen molar-refractivity contribution < 1.29 is 4.79 Å². The zero-order valence-corrected chi connectivity index (χ0v) is 14.6. The molecule has 120 valence electrons. The first kappa shape index (κ1) is 16.0. The highest BCUT2D eigenvalue weighted by Crippen LogP contribution is 2.42. The van der Waals surface area contributed by atoms with Crippen LogP contribution in [0.15, 0.2) is 28.7 Å². The number of hydrogen-bond acceptors (Lipinski definition) is 2. The van der Waals surface area contributed by atoms with Crippen LogP contribution < -0.4 is 11.1 Å². The normalized spacial score (nSPS) is 27.5. The topological polar surface area (TPSA) is 55.1 Å². The second-order valence-electron chi connectivity index (χ2n) is 6.88. The first-order valence-electron chi connectivity index (χ1n) is 8.43. The highest BCUT2D eigenvalue weighted by atomic mass is 79.9. The van der Waals surface area contributed by atoms with E-state index in [1.54, 1.807) is 0 Å². The number of nitrogens with one attached hydrogen (secondary N) is 1. The highest BCUT2D eigenvalue weighted by molar-refractivity contribution is 9.10. The molecule has 0 saturated heterocycles. The quantitative estimate of drug-likeness (QED) is 0.859. The van der Waals surface area contributed by atoms with Crippen molar-refractivity contribution in [1.82, 2.24) is 5.32 Å². The fraction of sp³-hybridized carbons (Fsp3) is 0.611. The summed E-state index contributed by atoms with van der Waals surface area (Å²) in [6, 6.07) is 8.89. The van der Waals surface area contributed by atoms with Gasteiger partial charge in [-0.15, -0.1) is 0 Å². The van der Waals surface area contributed by atoms with Gasteiger partial charge < -0.3 is 11.1 Å². The summed E-state index contributed by atoms with van der Waals surface area (Å²) in [5, 5.41) is 3.33. The molecular weight excluding hydrogens is 340 g/mol. The zero-order chi connectivity index (χ0) is 15.6. The van der Waals surface area contributed by atoms with Gasteiger partial charge >= 0.3 is 0 Å². The van der Waals surface area contributed by atoms with Crippen LogP contribution in [0, 0.1) is 0 Å². The van der Waals surface area contributed by atoms with Crippen molar-refractivity contribution in [3.8, 4) is 0 Å². The van der Waals surface area contributed by atoms with Gasteiger partial charge in [-0.25, -0.2) is 0 Å². The lowest BCUT2D eigenvalue weighted by atomic mass is 9.77. The van der Waals surface area contributed by atoms with Gasteiger partial charge in [0, 0.05) is 16.6 Å². The maximum atomic E-state index is 13.1. The Hall–Kier alpha value is -0.870. The van der Waals surface area contributed by atoms with Gasteiger partial charge in [0.05, 0.1) is 5.41 Å². The fourth-order valence-electron chi connectivity index (χ4n) is 4.00. The smallest absolute Gasteiger partial charge is 0.230 e. The van der Waals surface area contributed by atoms with Gasteiger partial charge in [-0.2, -0.15) is 0 Å². The second kappa shape index (κ2) is 6.71. The molecule has 0 radical (unpaired) electrons. The second-order valence-corrected chi connectivity index (χ2v) is 7.80. The van der Waals surface area contributed by atoms with Crippen molar-refractivity contribution in [2.75, 3.05) is 0 Å². The van der Waals surface area contributed by atoms with Crippen LogP contribution in [0.2, 0.25) is 0 Å². The van der Waals surface area contributed by atoms with Gasteiger partial charge in [-0.05, 0) is 56.2 Å². The lowest BCUT2D eigenvalue weighted by Gasteiger charge is -2.33. The third kappa shape index (κ3) is 3.23. The predicted molar refractivity (Wildman–Crippen MR) is 92.7 cm³/mol. The minimum atomic E-state index is -0.330. The molecule has 0 spiro atoms. The Morgan fingerprint density at radius 3 is 2.50 bits per heavy atom. The fourth-order valence-corrected chi connectivity index (χ4v) is 4.40. The third-order valence-corrected chi connectivity index (χ3v) is 5.87. The molecule has 0 aromatic heterocycles. The maximum absolute atomic E-state index is 13.1. The largest absolute Gasteiger partial charge is 0.353 e. The molecule has 2 aliphatic carbocycles. The molecule has 3 rings (SSSR count). The van der Waals surface area contributed by atoms with E-state index in [0.29, 0.717) is 12.1 Å². The lowest BCUT2D eigenvalue weighted by molar-refractivity contribution is -0.127. The number of carbonyl (C=O) groups excluding carboxylic acids is 1. The average Bonchev–Trinajstić information content (AvgIpc) is 3.00. The van der Waals surface area contributed by atoms with Crippen LogP contribution in [0.4, 0.5) is 0 Å². The number of carbonyl (C=O) groups is 1. The predicted octanol–water partition coefficient (Wildman–Crippen LogP) is 3.65. The van der Waals surface area contributed by atoms with E-state index < -0.39 is 0 Å². The molecule has 0 atom stereocenters. The molecular formula is C18H25BrN2O. The van der Waals surface area contributed by atoms with Crippen molar-refractivity contribution in [3.05, 3.63) is 34.3 Å². The number of halogens is 1. The van der Waals surface area contributed by atoms with E-state index in [-0.39, 0.29) is 11.3 Å². The molecule has 1 aromatic rings. The Bertz CT molecular complexity index is 532. The first-order chi connectivity index (χ1) is 10.6. The Morgan fingerprint density at radius 1 is 1.18 bits per heavy atom. The molecule has 3 nitrogen and oxygen atoms in total. The monoisotopic (exact) mass is 364 g/mol. The molecule has 1 amide bonds. The SMILES string of the molecule is NC1CCC(NC(=O)C2(c3cccc(Br)c3)CCCC2)CC1. The number of hydrogen-bond donors (Lipinski definition) is 2.